The number of aliphatic imine (C=N–C) groups is 2. The molecule has 0 fully saturated rings. The third-order valence-electron chi connectivity index (χ3n) is 5.17. The number of benzene rings is 3. The van der Waals surface area contributed by atoms with Gasteiger partial charge in [0.05, 0.1) is 0 Å². The van der Waals surface area contributed by atoms with Crippen LogP contribution in [0, 0.1) is 11.6 Å². The molecule has 2 heterocycles. The highest BCUT2D eigenvalue weighted by Crippen LogP contribution is 2.18. The number of hydrogen-bond donors (Lipinski definition) is 2. The highest BCUT2D eigenvalue weighted by Gasteiger charge is 2.23. The van der Waals surface area contributed by atoms with Gasteiger partial charge in [0.25, 0.3) is 11.8 Å². The van der Waals surface area contributed by atoms with E-state index in [2.05, 4.69) is 20.6 Å². The van der Waals surface area contributed by atoms with Gasteiger partial charge in [-0.05, 0) is 47.5 Å². The number of nitrogens with zero attached hydrogens (tertiary/aromatic N) is 2. The van der Waals surface area contributed by atoms with Crippen LogP contribution in [0.3, 0.4) is 0 Å². The fourth-order valence-electron chi connectivity index (χ4n) is 3.43. The van der Waals surface area contributed by atoms with Crippen LogP contribution in [0.4, 0.5) is 8.78 Å². The zero-order chi connectivity index (χ0) is 23.7. The SMILES string of the molecule is O=C1NC(c2ccc(C3=N/C(=C\c4ccc(F)cc4)C(=O)N3)cc2)=N/C1=C\c1ccc(F)cc1. The Morgan fingerprint density at radius 2 is 0.912 bits per heavy atom. The molecule has 0 aromatic heterocycles. The van der Waals surface area contributed by atoms with E-state index < -0.39 is 0 Å². The average molecular weight is 454 g/mol. The lowest BCUT2D eigenvalue weighted by molar-refractivity contribution is -0.116. The highest BCUT2D eigenvalue weighted by atomic mass is 19.1. The average Bonchev–Trinajstić information content (AvgIpc) is 3.39. The summed E-state index contributed by atoms with van der Waals surface area (Å²) in [6.45, 7) is 0. The van der Waals surface area contributed by atoms with Gasteiger partial charge in [0, 0.05) is 11.1 Å². The summed E-state index contributed by atoms with van der Waals surface area (Å²) >= 11 is 0. The second-order valence-corrected chi connectivity index (χ2v) is 7.57. The molecule has 3 aromatic rings. The maximum absolute atomic E-state index is 13.1. The van der Waals surface area contributed by atoms with Gasteiger partial charge < -0.3 is 10.6 Å². The lowest BCUT2D eigenvalue weighted by atomic mass is 10.1. The third-order valence-corrected chi connectivity index (χ3v) is 5.17. The molecule has 2 amide bonds. The lowest BCUT2D eigenvalue weighted by Crippen LogP contribution is -2.26. The zero-order valence-electron chi connectivity index (χ0n) is 17.5. The monoisotopic (exact) mass is 454 g/mol. The van der Waals surface area contributed by atoms with Crippen molar-refractivity contribution in [1.82, 2.24) is 10.6 Å². The molecule has 2 aliphatic rings. The molecule has 3 aromatic carbocycles. The highest BCUT2D eigenvalue weighted by molar-refractivity contribution is 6.21. The van der Waals surface area contributed by atoms with Crippen LogP contribution in [0.2, 0.25) is 0 Å². The Hall–Kier alpha value is -4.72. The van der Waals surface area contributed by atoms with Crippen molar-refractivity contribution < 1.29 is 18.4 Å². The molecule has 0 spiro atoms. The molecule has 0 aliphatic carbocycles. The van der Waals surface area contributed by atoms with Crippen LogP contribution in [-0.2, 0) is 9.59 Å². The maximum atomic E-state index is 13.1. The van der Waals surface area contributed by atoms with Gasteiger partial charge in [-0.25, -0.2) is 18.8 Å². The molecular weight excluding hydrogens is 438 g/mol. The predicted molar refractivity (Wildman–Crippen MR) is 125 cm³/mol. The number of carbonyl (C=O) groups excluding carboxylic acids is 2. The van der Waals surface area contributed by atoms with E-state index >= 15 is 0 Å². The van der Waals surface area contributed by atoms with Crippen molar-refractivity contribution in [3.05, 3.63) is 118 Å². The first-order valence-electron chi connectivity index (χ1n) is 10.3. The number of nitrogens with one attached hydrogen (secondary N) is 2. The molecule has 5 rings (SSSR count). The van der Waals surface area contributed by atoms with E-state index in [9.17, 15) is 18.4 Å². The second kappa shape index (κ2) is 8.67. The van der Waals surface area contributed by atoms with Crippen molar-refractivity contribution in [2.45, 2.75) is 0 Å². The largest absolute Gasteiger partial charge is 0.305 e. The quantitative estimate of drug-likeness (QED) is 0.588. The number of carbonyl (C=O) groups is 2. The summed E-state index contributed by atoms with van der Waals surface area (Å²) in [7, 11) is 0. The minimum absolute atomic E-state index is 0.216. The molecule has 166 valence electrons. The molecule has 0 unspecified atom stereocenters. The van der Waals surface area contributed by atoms with Crippen LogP contribution < -0.4 is 10.6 Å². The smallest absolute Gasteiger partial charge is 0.275 e. The van der Waals surface area contributed by atoms with E-state index in [-0.39, 0.29) is 34.8 Å². The normalized spacial score (nSPS) is 17.6. The Morgan fingerprint density at radius 3 is 1.26 bits per heavy atom. The number of rotatable bonds is 4. The molecule has 34 heavy (non-hydrogen) atoms. The van der Waals surface area contributed by atoms with Crippen molar-refractivity contribution in [2.75, 3.05) is 0 Å². The van der Waals surface area contributed by atoms with Crippen molar-refractivity contribution >= 4 is 35.6 Å². The first kappa shape index (κ1) is 21.1. The number of hydrogen-bond acceptors (Lipinski definition) is 4. The molecule has 8 heteroatoms. The first-order valence-corrected chi connectivity index (χ1v) is 10.3. The summed E-state index contributed by atoms with van der Waals surface area (Å²) in [4.78, 5) is 33.3. The Bertz CT molecular complexity index is 1310. The molecule has 6 nitrogen and oxygen atoms in total. The van der Waals surface area contributed by atoms with Gasteiger partial charge in [0.2, 0.25) is 0 Å². The maximum Gasteiger partial charge on any atom is 0.275 e. The van der Waals surface area contributed by atoms with Gasteiger partial charge in [-0.1, -0.05) is 48.5 Å². The van der Waals surface area contributed by atoms with Crippen LogP contribution in [0.25, 0.3) is 12.2 Å². The Labute approximate surface area is 193 Å². The second-order valence-electron chi connectivity index (χ2n) is 7.57. The molecule has 2 aliphatic heterocycles. The molecule has 2 N–H and O–H groups in total. The van der Waals surface area contributed by atoms with Gasteiger partial charge >= 0.3 is 0 Å². The lowest BCUT2D eigenvalue weighted by Gasteiger charge is -2.04. The number of halogens is 2. The fraction of sp³-hybridized carbons (Fsp3) is 0. The summed E-state index contributed by atoms with van der Waals surface area (Å²) in [5, 5.41) is 5.44. The van der Waals surface area contributed by atoms with Gasteiger partial charge in [-0.3, -0.25) is 9.59 Å². The first-order chi connectivity index (χ1) is 16.4. The standard InChI is InChI=1S/C26H16F2N4O2/c27-19-9-1-15(2-10-19)13-21-25(33)31-23(29-21)17-5-7-18(8-6-17)24-30-22(26(34)32-24)14-16-3-11-20(28)12-4-16/h1-14H,(H,29,31,33)(H,30,32,34)/b21-13-,22-14-. The van der Waals surface area contributed by atoms with E-state index in [1.54, 1.807) is 60.7 Å². The number of amidine groups is 2. The summed E-state index contributed by atoms with van der Waals surface area (Å²) < 4.78 is 26.2. The summed E-state index contributed by atoms with van der Waals surface area (Å²) in [5.41, 5.74) is 3.10. The molecule has 0 saturated carbocycles. The van der Waals surface area contributed by atoms with Crippen LogP contribution in [0.5, 0.6) is 0 Å². The molecular formula is C26H16F2N4O2. The van der Waals surface area contributed by atoms with E-state index in [1.165, 1.54) is 24.3 Å². The Kier molecular flexibility index (Phi) is 5.39. The van der Waals surface area contributed by atoms with Gasteiger partial charge in [0.15, 0.2) is 0 Å². The predicted octanol–water partition coefficient (Wildman–Crippen LogP) is 3.80. The third kappa shape index (κ3) is 4.42. The van der Waals surface area contributed by atoms with E-state index in [0.717, 1.165) is 0 Å². The Balaban J connectivity index is 1.35. The zero-order valence-corrected chi connectivity index (χ0v) is 17.5. The summed E-state index contributed by atoms with van der Waals surface area (Å²) in [6.07, 6.45) is 3.15. The molecule has 0 atom stereocenters. The van der Waals surface area contributed by atoms with Crippen molar-refractivity contribution in [3.8, 4) is 0 Å². The van der Waals surface area contributed by atoms with Crippen molar-refractivity contribution in [1.29, 1.82) is 0 Å². The minimum atomic E-state index is -0.358. The fourth-order valence-corrected chi connectivity index (χ4v) is 3.43. The van der Waals surface area contributed by atoms with Crippen LogP contribution in [-0.4, -0.2) is 23.5 Å². The van der Waals surface area contributed by atoms with Crippen LogP contribution >= 0.6 is 0 Å². The van der Waals surface area contributed by atoms with Gasteiger partial charge in [0.1, 0.15) is 34.7 Å². The van der Waals surface area contributed by atoms with Crippen molar-refractivity contribution in [3.63, 3.8) is 0 Å². The summed E-state index contributed by atoms with van der Waals surface area (Å²) in [6, 6.07) is 18.5. The number of amides is 2. The van der Waals surface area contributed by atoms with Gasteiger partial charge in [-0.15, -0.1) is 0 Å². The summed E-state index contributed by atoms with van der Waals surface area (Å²) in [5.74, 6) is -0.650. The van der Waals surface area contributed by atoms with E-state index in [1.807, 2.05) is 0 Å². The van der Waals surface area contributed by atoms with E-state index in [4.69, 9.17) is 0 Å². The molecule has 0 saturated heterocycles. The topological polar surface area (TPSA) is 82.9 Å². The van der Waals surface area contributed by atoms with Crippen molar-refractivity contribution in [2.24, 2.45) is 9.98 Å². The van der Waals surface area contributed by atoms with Crippen LogP contribution in [0.1, 0.15) is 22.3 Å². The van der Waals surface area contributed by atoms with Gasteiger partial charge in [-0.2, -0.15) is 0 Å². The molecule has 0 radical (unpaired) electrons. The Morgan fingerprint density at radius 1 is 0.559 bits per heavy atom. The van der Waals surface area contributed by atoms with E-state index in [0.29, 0.717) is 33.9 Å². The molecule has 0 bridgehead atoms. The van der Waals surface area contributed by atoms with Crippen LogP contribution in [0.15, 0.2) is 94.2 Å². The minimum Gasteiger partial charge on any atom is -0.305 e.